The molecule has 2 atom stereocenters. The number of ether oxygens (including phenoxy) is 2. The van der Waals surface area contributed by atoms with Gasteiger partial charge in [0.25, 0.3) is 11.6 Å². The zero-order valence-electron chi connectivity index (χ0n) is 17.6. The Kier molecular flexibility index (Phi) is 7.09. The molecule has 2 heterocycles. The van der Waals surface area contributed by atoms with Crippen molar-refractivity contribution >= 4 is 40.2 Å². The number of hydrogen-bond donors (Lipinski definition) is 1. The summed E-state index contributed by atoms with van der Waals surface area (Å²) in [5.74, 6) is -5.15. The zero-order valence-corrected chi connectivity index (χ0v) is 19.6. The fourth-order valence-electron chi connectivity index (χ4n) is 3.69. The summed E-state index contributed by atoms with van der Waals surface area (Å²) in [6, 6.07) is 10.9. The van der Waals surface area contributed by atoms with Crippen LogP contribution in [0.5, 0.6) is 5.75 Å². The smallest absolute Gasteiger partial charge is 0.544 e. The van der Waals surface area contributed by atoms with Crippen LogP contribution in [0.1, 0.15) is 19.8 Å². The van der Waals surface area contributed by atoms with Crippen LogP contribution in [0.15, 0.2) is 36.4 Å². The zero-order chi connectivity index (χ0) is 22.2. The number of amides is 2. The number of carbonyl (C=O) groups is 4. The van der Waals surface area contributed by atoms with Gasteiger partial charge in [0, 0.05) is 11.8 Å². The molecule has 2 aliphatic heterocycles. The molecular weight excluding hydrogens is 431 g/mol. The summed E-state index contributed by atoms with van der Waals surface area (Å²) in [6.07, 6.45) is -0.544. The molecule has 32 heavy (non-hydrogen) atoms. The van der Waals surface area contributed by atoms with E-state index in [2.05, 4.69) is 5.32 Å². The van der Waals surface area contributed by atoms with Gasteiger partial charge >= 0.3 is 35.5 Å². The minimum atomic E-state index is -2.38. The standard InChI is InChI=1S/C21H20N2O8.Na/c1-2-29-15-8-7-12-5-3-4-6-13(12)17(15)22-18(25)14-11-30-23(19(14)26)21(20(27)28)10-9-16(24)31-21;/h3-8,14H,2,9-11H2,1H3,(H,22,25)(H,27,28);/q;+1/p-1/t14-,21?;/m0./s1. The number of benzene rings is 2. The topological polar surface area (TPSA) is 134 Å². The van der Waals surface area contributed by atoms with E-state index in [-0.39, 0.29) is 42.4 Å². The van der Waals surface area contributed by atoms with Crippen molar-refractivity contribution in [2.75, 3.05) is 18.5 Å². The number of hydrogen-bond acceptors (Lipinski definition) is 8. The van der Waals surface area contributed by atoms with Crippen LogP contribution in [0.4, 0.5) is 5.69 Å². The number of carboxylic acids is 1. The van der Waals surface area contributed by atoms with Crippen molar-refractivity contribution in [3.63, 3.8) is 0 Å². The second-order valence-electron chi connectivity index (χ2n) is 7.11. The van der Waals surface area contributed by atoms with Crippen LogP contribution < -0.4 is 44.7 Å². The van der Waals surface area contributed by atoms with E-state index in [0.717, 1.165) is 5.39 Å². The van der Waals surface area contributed by atoms with Gasteiger partial charge in [-0.05, 0) is 18.4 Å². The van der Waals surface area contributed by atoms with Gasteiger partial charge in [-0.2, -0.15) is 5.06 Å². The second kappa shape index (κ2) is 9.45. The van der Waals surface area contributed by atoms with Crippen molar-refractivity contribution in [2.24, 2.45) is 5.92 Å². The number of carboxylic acid groups (broad SMARTS) is 1. The van der Waals surface area contributed by atoms with Gasteiger partial charge in [-0.3, -0.25) is 19.2 Å². The molecule has 0 bridgehead atoms. The molecule has 162 valence electrons. The number of aliphatic carboxylic acids is 1. The van der Waals surface area contributed by atoms with Gasteiger partial charge in [0.1, 0.15) is 17.6 Å². The van der Waals surface area contributed by atoms with Crippen molar-refractivity contribution in [1.29, 1.82) is 0 Å². The molecule has 0 aliphatic carbocycles. The summed E-state index contributed by atoms with van der Waals surface area (Å²) < 4.78 is 10.5. The third kappa shape index (κ3) is 4.06. The Balaban J connectivity index is 0.00000289. The van der Waals surface area contributed by atoms with Crippen LogP contribution in [0, 0.1) is 5.92 Å². The number of nitrogens with zero attached hydrogens (tertiary/aromatic N) is 1. The summed E-state index contributed by atoms with van der Waals surface area (Å²) in [5, 5.41) is 16.4. The molecule has 0 spiro atoms. The quantitative estimate of drug-likeness (QED) is 0.287. The van der Waals surface area contributed by atoms with E-state index in [4.69, 9.17) is 14.3 Å². The van der Waals surface area contributed by atoms with E-state index in [9.17, 15) is 24.3 Å². The van der Waals surface area contributed by atoms with E-state index in [0.29, 0.717) is 28.5 Å². The number of fused-ring (bicyclic) bond motifs is 1. The van der Waals surface area contributed by atoms with Gasteiger partial charge in [0.05, 0.1) is 25.3 Å². The van der Waals surface area contributed by atoms with Gasteiger partial charge in [-0.15, -0.1) is 0 Å². The molecule has 4 rings (SSSR count). The molecule has 1 N–H and O–H groups in total. The summed E-state index contributed by atoms with van der Waals surface area (Å²) in [6.45, 7) is 1.75. The normalized spacial score (nSPS) is 22.4. The minimum Gasteiger partial charge on any atom is -0.544 e. The maximum atomic E-state index is 13.0. The molecule has 0 aromatic heterocycles. The fourth-order valence-corrected chi connectivity index (χ4v) is 3.69. The van der Waals surface area contributed by atoms with Crippen molar-refractivity contribution in [3.05, 3.63) is 36.4 Å². The molecular formula is C21H19N2NaO8. The van der Waals surface area contributed by atoms with E-state index < -0.39 is 42.0 Å². The molecule has 2 saturated heterocycles. The molecule has 0 saturated carbocycles. The predicted molar refractivity (Wildman–Crippen MR) is 103 cm³/mol. The SMILES string of the molecule is CCOc1ccc2ccccc2c1NC(=O)[C@@H]1CON(C2(C(=O)[O-])CCC(=O)O2)C1=O.[Na+]. The first kappa shape index (κ1) is 24.0. The second-order valence-corrected chi connectivity index (χ2v) is 7.11. The van der Waals surface area contributed by atoms with E-state index >= 15 is 0 Å². The molecule has 10 nitrogen and oxygen atoms in total. The van der Waals surface area contributed by atoms with Crippen LogP contribution in [0.25, 0.3) is 10.8 Å². The van der Waals surface area contributed by atoms with Crippen LogP contribution in [0.3, 0.4) is 0 Å². The Morgan fingerprint density at radius 3 is 2.66 bits per heavy atom. The van der Waals surface area contributed by atoms with E-state index in [1.165, 1.54) is 0 Å². The average molecular weight is 450 g/mol. The first-order valence-corrected chi connectivity index (χ1v) is 9.73. The van der Waals surface area contributed by atoms with Crippen LogP contribution in [-0.4, -0.2) is 47.8 Å². The third-order valence-corrected chi connectivity index (χ3v) is 5.22. The fraction of sp³-hybridized carbons (Fsp3) is 0.333. The Morgan fingerprint density at radius 2 is 2.00 bits per heavy atom. The van der Waals surface area contributed by atoms with Crippen molar-refractivity contribution in [3.8, 4) is 5.75 Å². The molecule has 2 aliphatic rings. The van der Waals surface area contributed by atoms with Gasteiger partial charge in [-0.1, -0.05) is 30.3 Å². The first-order chi connectivity index (χ1) is 14.9. The molecule has 11 heteroatoms. The Hall–Kier alpha value is -2.66. The number of esters is 1. The molecule has 2 aromatic rings. The molecule has 2 aromatic carbocycles. The number of carbonyl (C=O) groups excluding carboxylic acids is 4. The maximum absolute atomic E-state index is 13.0. The first-order valence-electron chi connectivity index (χ1n) is 9.73. The average Bonchev–Trinajstić information content (AvgIpc) is 3.33. The Bertz CT molecular complexity index is 1090. The maximum Gasteiger partial charge on any atom is 1.00 e. The monoisotopic (exact) mass is 450 g/mol. The molecule has 0 radical (unpaired) electrons. The summed E-state index contributed by atoms with van der Waals surface area (Å²) in [4.78, 5) is 54.2. The summed E-state index contributed by atoms with van der Waals surface area (Å²) in [5.41, 5.74) is -1.99. The Labute approximate surface area is 205 Å². The van der Waals surface area contributed by atoms with E-state index in [1.807, 2.05) is 18.2 Å². The van der Waals surface area contributed by atoms with Crippen molar-refractivity contribution in [2.45, 2.75) is 25.5 Å². The number of anilines is 1. The van der Waals surface area contributed by atoms with Crippen LogP contribution >= 0.6 is 0 Å². The van der Waals surface area contributed by atoms with E-state index in [1.54, 1.807) is 25.1 Å². The van der Waals surface area contributed by atoms with Gasteiger partial charge < -0.3 is 24.7 Å². The molecule has 2 amide bonds. The Morgan fingerprint density at radius 1 is 1.25 bits per heavy atom. The number of hydroxylamine groups is 2. The van der Waals surface area contributed by atoms with Gasteiger partial charge in [0.15, 0.2) is 0 Å². The number of rotatable bonds is 6. The largest absolute Gasteiger partial charge is 1.00 e. The predicted octanol–water partition coefficient (Wildman–Crippen LogP) is -2.65. The number of cyclic esters (lactones) is 1. The van der Waals surface area contributed by atoms with Gasteiger partial charge in [0.2, 0.25) is 5.91 Å². The van der Waals surface area contributed by atoms with Crippen molar-refractivity contribution in [1.82, 2.24) is 5.06 Å². The minimum absolute atomic E-state index is 0. The molecule has 2 fully saturated rings. The number of nitrogens with one attached hydrogen (secondary N) is 1. The van der Waals surface area contributed by atoms with Crippen LogP contribution in [0.2, 0.25) is 0 Å². The van der Waals surface area contributed by atoms with Gasteiger partial charge in [-0.25, -0.2) is 0 Å². The summed E-state index contributed by atoms with van der Waals surface area (Å²) >= 11 is 0. The third-order valence-electron chi connectivity index (χ3n) is 5.22. The summed E-state index contributed by atoms with van der Waals surface area (Å²) in [7, 11) is 0. The molecule has 1 unspecified atom stereocenters. The van der Waals surface area contributed by atoms with Crippen molar-refractivity contribution < 1.29 is 68.2 Å². The van der Waals surface area contributed by atoms with Crippen LogP contribution in [-0.2, 0) is 28.8 Å².